The zero-order valence-corrected chi connectivity index (χ0v) is 13.6. The highest BCUT2D eigenvalue weighted by Crippen LogP contribution is 2.33. The van der Waals surface area contributed by atoms with Crippen molar-refractivity contribution in [2.75, 3.05) is 6.54 Å². The molecular weight excluding hydrogens is 310 g/mol. The SMILES string of the molecule is Fc1ccc(-n2nc3c(c2-c2ccncc2)CN(P)CC3)cc1. The van der Waals surface area contributed by atoms with Gasteiger partial charge in [0, 0.05) is 43.0 Å². The predicted molar refractivity (Wildman–Crippen MR) is 90.6 cm³/mol. The molecule has 3 heterocycles. The molecule has 4 rings (SSSR count). The molecule has 1 unspecified atom stereocenters. The zero-order chi connectivity index (χ0) is 15.8. The third-order valence-corrected chi connectivity index (χ3v) is 4.53. The van der Waals surface area contributed by atoms with Crippen LogP contribution in [-0.2, 0) is 13.0 Å². The first-order chi connectivity index (χ1) is 11.2. The molecule has 6 heteroatoms. The molecule has 1 aliphatic rings. The molecule has 0 saturated heterocycles. The Bertz CT molecular complexity index is 830. The summed E-state index contributed by atoms with van der Waals surface area (Å²) < 4.78 is 17.4. The molecule has 1 atom stereocenters. The van der Waals surface area contributed by atoms with Crippen LogP contribution < -0.4 is 0 Å². The lowest BCUT2D eigenvalue weighted by molar-refractivity contribution is 0.441. The van der Waals surface area contributed by atoms with Gasteiger partial charge in [-0.05, 0) is 36.4 Å². The summed E-state index contributed by atoms with van der Waals surface area (Å²) in [5.74, 6) is -0.243. The van der Waals surface area contributed by atoms with E-state index in [2.05, 4.69) is 19.0 Å². The predicted octanol–water partition coefficient (Wildman–Crippen LogP) is 3.22. The van der Waals surface area contributed by atoms with Crippen LogP contribution in [0, 0.1) is 5.82 Å². The minimum atomic E-state index is -0.243. The minimum Gasteiger partial charge on any atom is -0.283 e. The maximum absolute atomic E-state index is 13.3. The lowest BCUT2D eigenvalue weighted by Crippen LogP contribution is -2.21. The minimum absolute atomic E-state index is 0.243. The molecule has 2 aromatic heterocycles. The fraction of sp³-hybridized carbons (Fsp3) is 0.176. The Hall–Kier alpha value is -2.10. The molecule has 0 radical (unpaired) electrons. The molecule has 3 aromatic rings. The van der Waals surface area contributed by atoms with E-state index in [9.17, 15) is 4.39 Å². The summed E-state index contributed by atoms with van der Waals surface area (Å²) in [5, 5.41) is 4.80. The fourth-order valence-corrected chi connectivity index (χ4v) is 3.28. The summed E-state index contributed by atoms with van der Waals surface area (Å²) in [6.45, 7) is 1.80. The zero-order valence-electron chi connectivity index (χ0n) is 12.5. The number of nitrogens with zero attached hydrogens (tertiary/aromatic N) is 4. The molecule has 0 saturated carbocycles. The average molecular weight is 326 g/mol. The average Bonchev–Trinajstić information content (AvgIpc) is 2.95. The van der Waals surface area contributed by atoms with Gasteiger partial charge in [0.1, 0.15) is 5.82 Å². The second-order valence-corrected chi connectivity index (χ2v) is 6.35. The van der Waals surface area contributed by atoms with Crippen molar-refractivity contribution in [3.05, 3.63) is 65.9 Å². The summed E-state index contributed by atoms with van der Waals surface area (Å²) in [6.07, 6.45) is 4.47. The number of fused-ring (bicyclic) bond motifs is 1. The molecule has 0 amide bonds. The molecule has 0 N–H and O–H groups in total. The van der Waals surface area contributed by atoms with Gasteiger partial charge < -0.3 is 0 Å². The van der Waals surface area contributed by atoms with E-state index in [0.717, 1.165) is 42.1 Å². The Morgan fingerprint density at radius 3 is 2.52 bits per heavy atom. The number of hydrogen-bond donors (Lipinski definition) is 0. The number of rotatable bonds is 2. The van der Waals surface area contributed by atoms with Gasteiger partial charge in [0.25, 0.3) is 0 Å². The van der Waals surface area contributed by atoms with Gasteiger partial charge in [-0.25, -0.2) is 9.07 Å². The Morgan fingerprint density at radius 2 is 1.78 bits per heavy atom. The second kappa shape index (κ2) is 5.84. The molecule has 4 nitrogen and oxygen atoms in total. The van der Waals surface area contributed by atoms with E-state index in [4.69, 9.17) is 5.10 Å². The van der Waals surface area contributed by atoms with E-state index in [-0.39, 0.29) is 5.82 Å². The summed E-state index contributed by atoms with van der Waals surface area (Å²) >= 11 is 0. The van der Waals surface area contributed by atoms with Crippen LogP contribution in [0.2, 0.25) is 0 Å². The topological polar surface area (TPSA) is 34.0 Å². The van der Waals surface area contributed by atoms with E-state index in [1.807, 2.05) is 16.8 Å². The summed E-state index contributed by atoms with van der Waals surface area (Å²) in [5.41, 5.74) is 5.32. The molecule has 116 valence electrons. The second-order valence-electron chi connectivity index (χ2n) is 5.62. The molecule has 23 heavy (non-hydrogen) atoms. The van der Waals surface area contributed by atoms with E-state index in [0.29, 0.717) is 0 Å². The van der Waals surface area contributed by atoms with Gasteiger partial charge in [-0.2, -0.15) is 5.10 Å². The van der Waals surface area contributed by atoms with Crippen LogP contribution in [-0.4, -0.2) is 26.0 Å². The van der Waals surface area contributed by atoms with Crippen LogP contribution in [0.25, 0.3) is 16.9 Å². The summed E-state index contributed by atoms with van der Waals surface area (Å²) in [7, 11) is 2.77. The number of benzene rings is 1. The third-order valence-electron chi connectivity index (χ3n) is 4.09. The highest BCUT2D eigenvalue weighted by atomic mass is 31.0. The Morgan fingerprint density at radius 1 is 1.04 bits per heavy atom. The van der Waals surface area contributed by atoms with Gasteiger partial charge in [-0.3, -0.25) is 9.65 Å². The van der Waals surface area contributed by atoms with E-state index in [1.165, 1.54) is 17.7 Å². The standard InChI is InChI=1S/C17H16FN4P/c18-13-1-3-14(4-2-13)22-17(12-5-8-19-9-6-12)15-11-21(23)10-7-16(15)20-22/h1-6,8-9H,7,10-11,23H2. The van der Waals surface area contributed by atoms with Crippen LogP contribution >= 0.6 is 9.39 Å². The van der Waals surface area contributed by atoms with E-state index in [1.54, 1.807) is 24.5 Å². The van der Waals surface area contributed by atoms with Crippen molar-refractivity contribution in [2.24, 2.45) is 0 Å². The molecule has 0 spiro atoms. The van der Waals surface area contributed by atoms with Crippen LogP contribution in [0.3, 0.4) is 0 Å². The van der Waals surface area contributed by atoms with Crippen molar-refractivity contribution in [1.82, 2.24) is 19.4 Å². The number of hydrogen-bond acceptors (Lipinski definition) is 3. The maximum atomic E-state index is 13.3. The smallest absolute Gasteiger partial charge is 0.123 e. The van der Waals surface area contributed by atoms with Crippen molar-refractivity contribution in [3.8, 4) is 16.9 Å². The van der Waals surface area contributed by atoms with Crippen molar-refractivity contribution >= 4 is 9.39 Å². The lowest BCUT2D eigenvalue weighted by atomic mass is 10.0. The normalized spacial score (nSPS) is 14.7. The summed E-state index contributed by atoms with van der Waals surface area (Å²) in [4.78, 5) is 4.10. The number of aromatic nitrogens is 3. The third kappa shape index (κ3) is 2.67. The highest BCUT2D eigenvalue weighted by molar-refractivity contribution is 7.13. The highest BCUT2D eigenvalue weighted by Gasteiger charge is 2.24. The monoisotopic (exact) mass is 326 g/mol. The Balaban J connectivity index is 1.93. The van der Waals surface area contributed by atoms with Gasteiger partial charge in [0.2, 0.25) is 0 Å². The van der Waals surface area contributed by atoms with Crippen molar-refractivity contribution in [3.63, 3.8) is 0 Å². The van der Waals surface area contributed by atoms with Gasteiger partial charge in [0.05, 0.1) is 17.1 Å². The van der Waals surface area contributed by atoms with Gasteiger partial charge in [-0.15, -0.1) is 0 Å². The first-order valence-electron chi connectivity index (χ1n) is 7.49. The van der Waals surface area contributed by atoms with Crippen molar-refractivity contribution in [2.45, 2.75) is 13.0 Å². The molecule has 0 aliphatic carbocycles. The molecule has 0 fully saturated rings. The quantitative estimate of drug-likeness (QED) is 0.678. The number of halogens is 1. The molecule has 1 aromatic carbocycles. The van der Waals surface area contributed by atoms with Crippen LogP contribution in [0.1, 0.15) is 11.3 Å². The molecule has 1 aliphatic heterocycles. The van der Waals surface area contributed by atoms with E-state index >= 15 is 0 Å². The Kier molecular flexibility index (Phi) is 3.68. The van der Waals surface area contributed by atoms with Crippen LogP contribution in [0.4, 0.5) is 4.39 Å². The van der Waals surface area contributed by atoms with Crippen molar-refractivity contribution < 1.29 is 4.39 Å². The number of pyridine rings is 1. The first kappa shape index (κ1) is 14.5. The van der Waals surface area contributed by atoms with Crippen LogP contribution in [0.5, 0.6) is 0 Å². The van der Waals surface area contributed by atoms with Gasteiger partial charge in [0.15, 0.2) is 0 Å². The van der Waals surface area contributed by atoms with Gasteiger partial charge in [-0.1, -0.05) is 9.39 Å². The van der Waals surface area contributed by atoms with Crippen LogP contribution in [0.15, 0.2) is 48.8 Å². The van der Waals surface area contributed by atoms with E-state index < -0.39 is 0 Å². The van der Waals surface area contributed by atoms with Crippen molar-refractivity contribution in [1.29, 1.82) is 0 Å². The molecular formula is C17H16FN4P. The lowest BCUT2D eigenvalue weighted by Gasteiger charge is -2.21. The van der Waals surface area contributed by atoms with Gasteiger partial charge >= 0.3 is 0 Å². The molecule has 0 bridgehead atoms. The fourth-order valence-electron chi connectivity index (χ4n) is 2.97. The largest absolute Gasteiger partial charge is 0.283 e. The first-order valence-corrected chi connectivity index (χ1v) is 8.01. The summed E-state index contributed by atoms with van der Waals surface area (Å²) in [6, 6.07) is 10.4. The Labute approximate surface area is 136 Å². The maximum Gasteiger partial charge on any atom is 0.123 e.